The lowest BCUT2D eigenvalue weighted by atomic mass is 10.1. The molecule has 0 spiro atoms. The molecule has 5 rings (SSSR count). The fourth-order valence-corrected chi connectivity index (χ4v) is 5.89. The highest BCUT2D eigenvalue weighted by Crippen LogP contribution is 2.23. The Balaban J connectivity index is 1.13. The molecular formula is C33H35N5O4S. The number of benzene rings is 2. The molecule has 10 heteroatoms. The number of likely N-dealkylation sites (tertiary alicyclic amines) is 2. The van der Waals surface area contributed by atoms with Crippen molar-refractivity contribution in [3.63, 3.8) is 0 Å². The van der Waals surface area contributed by atoms with E-state index in [1.165, 1.54) is 18.0 Å². The molecule has 3 heterocycles. The van der Waals surface area contributed by atoms with E-state index in [1.54, 1.807) is 28.1 Å². The van der Waals surface area contributed by atoms with Crippen molar-refractivity contribution < 1.29 is 19.2 Å². The van der Waals surface area contributed by atoms with Crippen LogP contribution < -0.4 is 10.6 Å². The van der Waals surface area contributed by atoms with E-state index >= 15 is 0 Å². The lowest BCUT2D eigenvalue weighted by Crippen LogP contribution is -2.43. The summed E-state index contributed by atoms with van der Waals surface area (Å²) in [6.07, 6.45) is 11.9. The van der Waals surface area contributed by atoms with Crippen molar-refractivity contribution in [2.45, 2.75) is 37.8 Å². The van der Waals surface area contributed by atoms with Gasteiger partial charge in [0.15, 0.2) is 0 Å². The van der Waals surface area contributed by atoms with Gasteiger partial charge in [-0.25, -0.2) is 0 Å². The molecule has 2 N–H and O–H groups in total. The minimum atomic E-state index is -0.514. The van der Waals surface area contributed by atoms with Crippen LogP contribution in [-0.4, -0.2) is 75.6 Å². The number of thioether (sulfide) groups is 1. The highest BCUT2D eigenvalue weighted by atomic mass is 32.2. The second-order valence-corrected chi connectivity index (χ2v) is 11.5. The molecule has 0 saturated carbocycles. The summed E-state index contributed by atoms with van der Waals surface area (Å²) in [7, 11) is 0. The zero-order valence-electron chi connectivity index (χ0n) is 24.1. The van der Waals surface area contributed by atoms with Gasteiger partial charge in [-0.05, 0) is 79.5 Å². The number of pyridine rings is 1. The minimum absolute atomic E-state index is 0.00906. The maximum atomic E-state index is 13.0. The van der Waals surface area contributed by atoms with Crippen LogP contribution >= 0.6 is 11.8 Å². The number of carbonyl (C=O) groups is 4. The first-order valence-electron chi connectivity index (χ1n) is 14.4. The van der Waals surface area contributed by atoms with E-state index in [1.807, 2.05) is 66.9 Å². The third-order valence-corrected chi connectivity index (χ3v) is 8.23. The average Bonchev–Trinajstić information content (AvgIpc) is 3.73. The predicted molar refractivity (Wildman–Crippen MR) is 170 cm³/mol. The number of carbonyl (C=O) groups excluding carboxylic acids is 4. The molecule has 4 amide bonds. The van der Waals surface area contributed by atoms with Crippen LogP contribution in [0.3, 0.4) is 0 Å². The zero-order valence-corrected chi connectivity index (χ0v) is 24.9. The Labute approximate surface area is 255 Å². The lowest BCUT2D eigenvalue weighted by Gasteiger charge is -2.24. The average molecular weight is 598 g/mol. The molecule has 1 aromatic heterocycles. The third kappa shape index (κ3) is 7.50. The normalized spacial score (nSPS) is 18.2. The Kier molecular flexibility index (Phi) is 9.88. The highest BCUT2D eigenvalue weighted by molar-refractivity contribution is 7.99. The van der Waals surface area contributed by atoms with Crippen molar-refractivity contribution in [3.8, 4) is 0 Å². The van der Waals surface area contributed by atoms with Crippen LogP contribution in [-0.2, 0) is 14.4 Å². The zero-order chi connectivity index (χ0) is 30.2. The maximum Gasteiger partial charge on any atom is 0.256 e. The van der Waals surface area contributed by atoms with Gasteiger partial charge in [0.25, 0.3) is 5.91 Å². The Morgan fingerprint density at radius 1 is 0.814 bits per heavy atom. The quantitative estimate of drug-likeness (QED) is 0.343. The molecule has 0 unspecified atom stereocenters. The summed E-state index contributed by atoms with van der Waals surface area (Å²) in [6, 6.07) is 17.6. The number of nitrogens with one attached hydrogen (secondary N) is 2. The van der Waals surface area contributed by atoms with Crippen molar-refractivity contribution >= 4 is 58.9 Å². The van der Waals surface area contributed by atoms with E-state index in [-0.39, 0.29) is 23.6 Å². The Morgan fingerprint density at radius 3 is 1.86 bits per heavy atom. The van der Waals surface area contributed by atoms with E-state index in [0.29, 0.717) is 48.6 Å². The first-order valence-corrected chi connectivity index (χ1v) is 15.8. The van der Waals surface area contributed by atoms with Crippen molar-refractivity contribution in [2.75, 3.05) is 35.7 Å². The number of hydrogen-bond donors (Lipinski definition) is 2. The van der Waals surface area contributed by atoms with Gasteiger partial charge in [-0.2, -0.15) is 11.8 Å². The number of aromatic nitrogens is 1. The topological polar surface area (TPSA) is 112 Å². The molecule has 2 saturated heterocycles. The van der Waals surface area contributed by atoms with Crippen molar-refractivity contribution in [1.82, 2.24) is 14.8 Å². The van der Waals surface area contributed by atoms with Crippen LogP contribution in [0.2, 0.25) is 0 Å². The summed E-state index contributed by atoms with van der Waals surface area (Å²) >= 11 is 1.47. The number of amides is 4. The molecular weight excluding hydrogens is 562 g/mol. The van der Waals surface area contributed by atoms with Gasteiger partial charge >= 0.3 is 0 Å². The van der Waals surface area contributed by atoms with E-state index in [0.717, 1.165) is 24.0 Å². The van der Waals surface area contributed by atoms with Gasteiger partial charge in [0.05, 0.1) is 11.3 Å². The molecule has 3 aromatic rings. The molecule has 2 fully saturated rings. The second-order valence-electron chi connectivity index (χ2n) is 10.6. The molecule has 0 radical (unpaired) electrons. The first kappa shape index (κ1) is 30.0. The molecule has 2 aliphatic heterocycles. The van der Waals surface area contributed by atoms with Gasteiger partial charge in [-0.15, -0.1) is 0 Å². The monoisotopic (exact) mass is 597 g/mol. The first-order chi connectivity index (χ1) is 20.9. The van der Waals surface area contributed by atoms with Gasteiger partial charge in [0.2, 0.25) is 17.7 Å². The van der Waals surface area contributed by atoms with Gasteiger partial charge in [-0.3, -0.25) is 24.2 Å². The number of nitrogens with zero attached hydrogens (tertiary/aromatic N) is 3. The van der Waals surface area contributed by atoms with E-state index in [2.05, 4.69) is 15.6 Å². The predicted octanol–water partition coefficient (Wildman–Crippen LogP) is 4.79. The summed E-state index contributed by atoms with van der Waals surface area (Å²) in [5.41, 5.74) is 3.76. The van der Waals surface area contributed by atoms with E-state index in [4.69, 9.17) is 0 Å². The molecule has 0 bridgehead atoms. The molecule has 2 atom stereocenters. The SMILES string of the molecule is CSCC(=O)N1CCC[C@H]1C(=O)Nc1ccc(C=Cc2ccc(NC(=O)[C@@H]3CCCN3C(=O)c3cccnc3)cc2)cc1. The van der Waals surface area contributed by atoms with Crippen molar-refractivity contribution in [3.05, 3.63) is 89.7 Å². The molecule has 2 aromatic carbocycles. The summed E-state index contributed by atoms with van der Waals surface area (Å²) in [5, 5.41) is 5.90. The van der Waals surface area contributed by atoms with Crippen LogP contribution in [0.5, 0.6) is 0 Å². The molecule has 0 aliphatic carbocycles. The molecule has 2 aliphatic rings. The van der Waals surface area contributed by atoms with Crippen LogP contribution in [0.4, 0.5) is 11.4 Å². The summed E-state index contributed by atoms with van der Waals surface area (Å²) in [5.74, 6) is -0.132. The van der Waals surface area contributed by atoms with Gasteiger partial charge in [-0.1, -0.05) is 36.4 Å². The number of hydrogen-bond acceptors (Lipinski definition) is 6. The van der Waals surface area contributed by atoms with Crippen LogP contribution in [0, 0.1) is 0 Å². The number of rotatable bonds is 9. The second kappa shape index (κ2) is 14.2. The molecule has 43 heavy (non-hydrogen) atoms. The Hall–Kier alpha value is -4.44. The van der Waals surface area contributed by atoms with Crippen LogP contribution in [0.1, 0.15) is 47.2 Å². The standard InChI is InChI=1S/C33H35N5O4S/c1-43-22-30(39)37-19-3-6-28(37)31(40)35-26-14-10-23(11-15-26)8-9-24-12-16-27(17-13-24)36-32(41)29-7-4-20-38(29)33(42)25-5-2-18-34-21-25/h2,5,8-18,21,28-29H,3-4,6-7,19-20,22H2,1H3,(H,35,40)(H,36,41)/t28-,29-/m0/s1. The van der Waals surface area contributed by atoms with Crippen LogP contribution in [0.15, 0.2) is 73.1 Å². The fraction of sp³-hybridized carbons (Fsp3) is 0.303. The molecule has 222 valence electrons. The third-order valence-electron chi connectivity index (χ3n) is 7.69. The minimum Gasteiger partial charge on any atom is -0.330 e. The lowest BCUT2D eigenvalue weighted by molar-refractivity contribution is -0.134. The maximum absolute atomic E-state index is 13.0. The Bertz CT molecular complexity index is 1480. The van der Waals surface area contributed by atoms with Crippen molar-refractivity contribution in [1.29, 1.82) is 0 Å². The van der Waals surface area contributed by atoms with Crippen molar-refractivity contribution in [2.24, 2.45) is 0 Å². The smallest absolute Gasteiger partial charge is 0.256 e. The summed E-state index contributed by atoms with van der Waals surface area (Å²) in [4.78, 5) is 58.4. The number of anilines is 2. The summed E-state index contributed by atoms with van der Waals surface area (Å²) < 4.78 is 0. The van der Waals surface area contributed by atoms with Gasteiger partial charge in [0.1, 0.15) is 12.1 Å². The Morgan fingerprint density at radius 2 is 1.35 bits per heavy atom. The fourth-order valence-electron chi connectivity index (χ4n) is 5.48. The van der Waals surface area contributed by atoms with Gasteiger partial charge in [0, 0.05) is 36.9 Å². The van der Waals surface area contributed by atoms with Crippen LogP contribution in [0.25, 0.3) is 12.2 Å². The van der Waals surface area contributed by atoms with E-state index < -0.39 is 12.1 Å². The van der Waals surface area contributed by atoms with Gasteiger partial charge < -0.3 is 20.4 Å². The molecule has 9 nitrogen and oxygen atoms in total. The highest BCUT2D eigenvalue weighted by Gasteiger charge is 2.35. The largest absolute Gasteiger partial charge is 0.330 e. The summed E-state index contributed by atoms with van der Waals surface area (Å²) in [6.45, 7) is 1.17. The van der Waals surface area contributed by atoms with E-state index in [9.17, 15) is 19.2 Å².